The summed E-state index contributed by atoms with van der Waals surface area (Å²) in [4.78, 5) is 28.7. The van der Waals surface area contributed by atoms with Crippen molar-refractivity contribution in [2.75, 3.05) is 6.54 Å². The summed E-state index contributed by atoms with van der Waals surface area (Å²) in [6, 6.07) is 17.4. The highest BCUT2D eigenvalue weighted by Crippen LogP contribution is 2.34. The number of carboxylic acids is 1. The van der Waals surface area contributed by atoms with E-state index < -0.39 is 5.97 Å². The normalized spacial score (nSPS) is 10.8. The summed E-state index contributed by atoms with van der Waals surface area (Å²) in [6.07, 6.45) is 0. The first-order valence-electron chi connectivity index (χ1n) is 10.0. The van der Waals surface area contributed by atoms with Crippen molar-refractivity contribution >= 4 is 46.4 Å². The lowest BCUT2D eigenvalue weighted by atomic mass is 9.96. The van der Waals surface area contributed by atoms with Crippen molar-refractivity contribution in [1.82, 2.24) is 10.3 Å². The number of nitrogens with zero attached hydrogens (tertiary/aromatic N) is 1. The van der Waals surface area contributed by atoms with E-state index in [-0.39, 0.29) is 11.5 Å². The molecule has 0 aliphatic carbocycles. The van der Waals surface area contributed by atoms with Gasteiger partial charge in [0.15, 0.2) is 0 Å². The Hall–Kier alpha value is -3.19. The highest BCUT2D eigenvalue weighted by atomic mass is 35.5. The molecule has 0 aliphatic rings. The van der Waals surface area contributed by atoms with Crippen molar-refractivity contribution < 1.29 is 14.7 Å². The monoisotopic (exact) mass is 496 g/mol. The smallest absolute Gasteiger partial charge is 0.336 e. The molecule has 1 aromatic heterocycles. The van der Waals surface area contributed by atoms with Crippen LogP contribution in [0.1, 0.15) is 27.6 Å². The molecule has 33 heavy (non-hydrogen) atoms. The molecule has 8 heteroatoms. The third-order valence-corrected chi connectivity index (χ3v) is 6.64. The molecule has 0 bridgehead atoms. The Balaban J connectivity index is 1.67. The van der Waals surface area contributed by atoms with Gasteiger partial charge in [0.2, 0.25) is 0 Å². The fourth-order valence-corrected chi connectivity index (χ4v) is 4.49. The second-order valence-corrected chi connectivity index (χ2v) is 8.84. The summed E-state index contributed by atoms with van der Waals surface area (Å²) in [5.41, 5.74) is 4.21. The number of aromatic carboxylic acids is 1. The number of aromatic nitrogens is 1. The quantitative estimate of drug-likeness (QED) is 0.304. The average Bonchev–Trinajstić information content (AvgIpc) is 3.31. The van der Waals surface area contributed by atoms with E-state index in [4.69, 9.17) is 23.2 Å². The molecule has 5 nitrogen and oxygen atoms in total. The molecule has 0 saturated carbocycles. The van der Waals surface area contributed by atoms with Crippen molar-refractivity contribution in [3.05, 3.63) is 87.2 Å². The van der Waals surface area contributed by atoms with E-state index in [0.29, 0.717) is 43.9 Å². The number of carbonyl (C=O) groups is 2. The maximum Gasteiger partial charge on any atom is 0.336 e. The van der Waals surface area contributed by atoms with Crippen LogP contribution < -0.4 is 5.32 Å². The molecule has 0 radical (unpaired) electrons. The first-order valence-corrected chi connectivity index (χ1v) is 11.7. The predicted octanol–water partition coefficient (Wildman–Crippen LogP) is 6.90. The number of carboxylic acid groups (broad SMARTS) is 1. The maximum absolute atomic E-state index is 12.0. The Morgan fingerprint density at radius 3 is 2.30 bits per heavy atom. The van der Waals surface area contributed by atoms with E-state index in [1.807, 2.05) is 24.4 Å². The van der Waals surface area contributed by atoms with Crippen LogP contribution in [-0.2, 0) is 0 Å². The van der Waals surface area contributed by atoms with E-state index in [9.17, 15) is 14.7 Å². The lowest BCUT2D eigenvalue weighted by Gasteiger charge is -2.09. The number of amides is 1. The summed E-state index contributed by atoms with van der Waals surface area (Å²) in [6.45, 7) is 2.39. The largest absolute Gasteiger partial charge is 0.478 e. The highest BCUT2D eigenvalue weighted by Gasteiger charge is 2.16. The van der Waals surface area contributed by atoms with E-state index >= 15 is 0 Å². The number of halogens is 2. The molecular formula is C25H18Cl2N2O3S. The fraction of sp³-hybridized carbons (Fsp3) is 0.0800. The lowest BCUT2D eigenvalue weighted by Crippen LogP contribution is -2.22. The van der Waals surface area contributed by atoms with E-state index in [0.717, 1.165) is 11.3 Å². The molecule has 1 heterocycles. The second-order valence-electron chi connectivity index (χ2n) is 7.17. The molecule has 0 aliphatic heterocycles. The Morgan fingerprint density at radius 1 is 0.939 bits per heavy atom. The van der Waals surface area contributed by atoms with E-state index in [1.54, 1.807) is 48.5 Å². The van der Waals surface area contributed by atoms with Crippen molar-refractivity contribution in [1.29, 1.82) is 0 Å². The van der Waals surface area contributed by atoms with Crippen LogP contribution in [0.15, 0.2) is 66.0 Å². The zero-order valence-electron chi connectivity index (χ0n) is 17.4. The molecule has 4 rings (SSSR count). The molecule has 166 valence electrons. The summed E-state index contributed by atoms with van der Waals surface area (Å²) >= 11 is 13.5. The maximum atomic E-state index is 12.0. The standard InChI is InChI=1S/C25H18Cl2N2O3S/c1-2-28-23(30)15-5-3-14(4-6-15)18-9-7-17(11-19(18)25(31)32)24-29-22(13-33-24)16-8-10-20(26)21(27)12-16/h3-13H,2H2,1H3,(H,28,30)(H,31,32). The minimum Gasteiger partial charge on any atom is -0.478 e. The number of thiazole rings is 1. The Bertz CT molecular complexity index is 1350. The van der Waals surface area contributed by atoms with Gasteiger partial charge in [0.25, 0.3) is 5.91 Å². The van der Waals surface area contributed by atoms with Gasteiger partial charge in [0.1, 0.15) is 5.01 Å². The van der Waals surface area contributed by atoms with Gasteiger partial charge in [0.05, 0.1) is 21.3 Å². The van der Waals surface area contributed by atoms with E-state index in [1.165, 1.54) is 11.3 Å². The van der Waals surface area contributed by atoms with Gasteiger partial charge in [-0.25, -0.2) is 9.78 Å². The Labute approximate surface area is 204 Å². The summed E-state index contributed by atoms with van der Waals surface area (Å²) in [5.74, 6) is -1.21. The molecule has 0 unspecified atom stereocenters. The lowest BCUT2D eigenvalue weighted by molar-refractivity contribution is 0.0697. The molecular weight excluding hydrogens is 479 g/mol. The molecule has 3 aromatic carbocycles. The average molecular weight is 497 g/mol. The third-order valence-electron chi connectivity index (χ3n) is 5.01. The van der Waals surface area contributed by atoms with Gasteiger partial charge in [-0.2, -0.15) is 0 Å². The Kier molecular flexibility index (Phi) is 6.79. The number of carbonyl (C=O) groups excluding carboxylic acids is 1. The van der Waals surface area contributed by atoms with Crippen LogP contribution in [0.2, 0.25) is 10.0 Å². The van der Waals surface area contributed by atoms with Crippen LogP contribution in [0.25, 0.3) is 33.0 Å². The first kappa shape index (κ1) is 23.0. The van der Waals surface area contributed by atoms with Crippen LogP contribution >= 0.6 is 34.5 Å². The van der Waals surface area contributed by atoms with Crippen LogP contribution in [0.4, 0.5) is 0 Å². The summed E-state index contributed by atoms with van der Waals surface area (Å²) in [7, 11) is 0. The molecule has 1 amide bonds. The number of benzene rings is 3. The van der Waals surface area contributed by atoms with E-state index in [2.05, 4.69) is 10.3 Å². The number of rotatable bonds is 6. The topological polar surface area (TPSA) is 79.3 Å². The van der Waals surface area contributed by atoms with Gasteiger partial charge in [-0.1, -0.05) is 53.5 Å². The van der Waals surface area contributed by atoms with Gasteiger partial charge < -0.3 is 10.4 Å². The number of hydrogen-bond acceptors (Lipinski definition) is 4. The number of hydrogen-bond donors (Lipinski definition) is 2. The fourth-order valence-electron chi connectivity index (χ4n) is 3.36. The molecule has 2 N–H and O–H groups in total. The van der Waals surface area contributed by atoms with Crippen LogP contribution in [0.3, 0.4) is 0 Å². The zero-order chi connectivity index (χ0) is 23.5. The molecule has 4 aromatic rings. The number of nitrogens with one attached hydrogen (secondary N) is 1. The summed E-state index contributed by atoms with van der Waals surface area (Å²) in [5, 5.41) is 16.1. The summed E-state index contributed by atoms with van der Waals surface area (Å²) < 4.78 is 0. The Morgan fingerprint density at radius 2 is 1.64 bits per heavy atom. The highest BCUT2D eigenvalue weighted by molar-refractivity contribution is 7.13. The van der Waals surface area contributed by atoms with Crippen molar-refractivity contribution in [2.45, 2.75) is 6.92 Å². The van der Waals surface area contributed by atoms with Gasteiger partial charge >= 0.3 is 5.97 Å². The predicted molar refractivity (Wildman–Crippen MR) is 133 cm³/mol. The van der Waals surface area contributed by atoms with Crippen molar-refractivity contribution in [2.24, 2.45) is 0 Å². The molecule has 0 fully saturated rings. The minimum atomic E-state index is -1.04. The van der Waals surface area contributed by atoms with Gasteiger partial charge in [0, 0.05) is 28.6 Å². The van der Waals surface area contributed by atoms with Crippen LogP contribution in [-0.4, -0.2) is 28.5 Å². The SMILES string of the molecule is CCNC(=O)c1ccc(-c2ccc(-c3nc(-c4ccc(Cl)c(Cl)c4)cs3)cc2C(=O)O)cc1. The molecule has 0 saturated heterocycles. The van der Waals surface area contributed by atoms with Gasteiger partial charge in [-0.15, -0.1) is 11.3 Å². The molecule has 0 spiro atoms. The van der Waals surface area contributed by atoms with Crippen LogP contribution in [0.5, 0.6) is 0 Å². The van der Waals surface area contributed by atoms with Crippen molar-refractivity contribution in [3.8, 4) is 33.0 Å². The third kappa shape index (κ3) is 4.93. The zero-order valence-corrected chi connectivity index (χ0v) is 19.8. The molecule has 0 atom stereocenters. The first-order chi connectivity index (χ1) is 15.9. The second kappa shape index (κ2) is 9.75. The minimum absolute atomic E-state index is 0.157. The van der Waals surface area contributed by atoms with Crippen LogP contribution in [0, 0.1) is 0 Å². The van der Waals surface area contributed by atoms with Crippen molar-refractivity contribution in [3.63, 3.8) is 0 Å². The van der Waals surface area contributed by atoms with Gasteiger partial charge in [-0.05, 0) is 48.4 Å². The van der Waals surface area contributed by atoms with Gasteiger partial charge in [-0.3, -0.25) is 4.79 Å².